The molecule has 0 aliphatic heterocycles. The first kappa shape index (κ1) is 75.4. The van der Waals surface area contributed by atoms with Crippen molar-refractivity contribution in [3.8, 4) is 0 Å². The Bertz CT molecular complexity index is 1490. The third-order valence-electron chi connectivity index (χ3n) is 14.2. The fourth-order valence-electron chi connectivity index (χ4n) is 9.24. The van der Waals surface area contributed by atoms with Gasteiger partial charge in [-0.3, -0.25) is 23.4 Å². The highest BCUT2D eigenvalue weighted by Crippen LogP contribution is 2.43. The van der Waals surface area contributed by atoms with Crippen LogP contribution in [0.4, 0.5) is 0 Å². The quantitative estimate of drug-likeness (QED) is 0.0197. The molecule has 12 heteroatoms. The molecule has 0 radical (unpaired) electrons. The number of ether oxygens (including phenoxy) is 3. The molecular weight excluding hydrogens is 1000 g/mol. The Morgan fingerprint density at radius 1 is 0.359 bits per heavy atom. The lowest BCUT2D eigenvalue weighted by molar-refractivity contribution is -0.161. The maximum absolute atomic E-state index is 13.0. The minimum absolute atomic E-state index is 0.160. The monoisotopic (exact) mass is 1120 g/mol. The van der Waals surface area contributed by atoms with Crippen LogP contribution in [0.1, 0.15) is 316 Å². The number of phosphoric acid groups is 1. The van der Waals surface area contributed by atoms with Gasteiger partial charge in [0.1, 0.15) is 12.7 Å². The second kappa shape index (κ2) is 60.5. The molecule has 0 aromatic carbocycles. The van der Waals surface area contributed by atoms with Crippen molar-refractivity contribution in [3.05, 3.63) is 48.6 Å². The third-order valence-corrected chi connectivity index (χ3v) is 15.2. The second-order valence-corrected chi connectivity index (χ2v) is 23.4. The van der Waals surface area contributed by atoms with Gasteiger partial charge in [0.2, 0.25) is 0 Å². The van der Waals surface area contributed by atoms with Crippen molar-refractivity contribution in [1.29, 1.82) is 0 Å². The van der Waals surface area contributed by atoms with Crippen molar-refractivity contribution >= 4 is 25.7 Å². The highest BCUT2D eigenvalue weighted by atomic mass is 31.2. The van der Waals surface area contributed by atoms with Crippen LogP contribution < -0.4 is 0 Å². The predicted octanol–water partition coefficient (Wildman–Crippen LogP) is 19.7. The van der Waals surface area contributed by atoms with E-state index in [2.05, 4.69) is 69.4 Å². The predicted molar refractivity (Wildman–Crippen MR) is 325 cm³/mol. The van der Waals surface area contributed by atoms with Crippen LogP contribution >= 0.6 is 7.82 Å². The minimum Gasteiger partial charge on any atom is -0.462 e. The zero-order valence-electron chi connectivity index (χ0n) is 50.6. The fourth-order valence-corrected chi connectivity index (χ4v) is 10.0. The number of unbranched alkanes of at least 4 members (excludes halogenated alkanes) is 36. The molecular formula is C66H121O11P. The molecule has 78 heavy (non-hydrogen) atoms. The summed E-state index contributed by atoms with van der Waals surface area (Å²) in [5.41, 5.74) is 0. The van der Waals surface area contributed by atoms with Crippen molar-refractivity contribution in [2.45, 2.75) is 328 Å². The molecule has 0 spiro atoms. The van der Waals surface area contributed by atoms with E-state index in [-0.39, 0.29) is 25.9 Å². The maximum Gasteiger partial charge on any atom is 0.472 e. The number of allylic oxidation sites excluding steroid dienone is 8. The van der Waals surface area contributed by atoms with Gasteiger partial charge in [-0.25, -0.2) is 4.57 Å². The largest absolute Gasteiger partial charge is 0.472 e. The van der Waals surface area contributed by atoms with Gasteiger partial charge in [-0.1, -0.05) is 262 Å². The Balaban J connectivity index is 4.69. The summed E-state index contributed by atoms with van der Waals surface area (Å²) in [6.45, 7) is 4.63. The topological polar surface area (TPSA) is 155 Å². The number of carbonyl (C=O) groups is 3. The van der Waals surface area contributed by atoms with Crippen LogP contribution in [0.3, 0.4) is 0 Å². The summed E-state index contributed by atoms with van der Waals surface area (Å²) in [4.78, 5) is 48.7. The van der Waals surface area contributed by atoms with Gasteiger partial charge in [-0.05, 0) is 83.5 Å². The van der Waals surface area contributed by atoms with Crippen molar-refractivity contribution in [1.82, 2.24) is 0 Å². The molecule has 0 saturated heterocycles. The molecule has 0 rings (SSSR count). The normalized spacial score (nSPS) is 13.6. The fraction of sp³-hybridized carbons (Fsp3) is 0.833. The van der Waals surface area contributed by atoms with E-state index in [1.165, 1.54) is 154 Å². The van der Waals surface area contributed by atoms with E-state index in [9.17, 15) is 28.9 Å². The van der Waals surface area contributed by atoms with E-state index in [0.717, 1.165) is 103 Å². The molecule has 0 saturated carbocycles. The summed E-state index contributed by atoms with van der Waals surface area (Å²) in [6, 6.07) is 0. The molecule has 0 bridgehead atoms. The summed E-state index contributed by atoms with van der Waals surface area (Å²) in [5, 5.41) is 9.84. The SMILES string of the molecule is CCCCC/C=C\C/C=C\CCCCCCCCCC(=O)OC(COC(=O)CCCCCCCCCCCCCCCCCCCCC)COP(=O)(O)OCC(CO)OC(=O)CCCCCCC/C=C\C/C=C\CCCCC. The van der Waals surface area contributed by atoms with E-state index in [1.54, 1.807) is 0 Å². The molecule has 3 atom stereocenters. The minimum atomic E-state index is -4.76. The van der Waals surface area contributed by atoms with Crippen LogP contribution in [0.15, 0.2) is 48.6 Å². The van der Waals surface area contributed by atoms with Gasteiger partial charge >= 0.3 is 25.7 Å². The number of phosphoric ester groups is 1. The van der Waals surface area contributed by atoms with E-state index < -0.39 is 57.8 Å². The molecule has 0 fully saturated rings. The summed E-state index contributed by atoms with van der Waals surface area (Å²) in [6.07, 6.45) is 66.3. The molecule has 456 valence electrons. The maximum atomic E-state index is 13.0. The van der Waals surface area contributed by atoms with Gasteiger partial charge in [0.05, 0.1) is 19.8 Å². The van der Waals surface area contributed by atoms with Crippen LogP contribution in [0, 0.1) is 0 Å². The molecule has 0 aliphatic carbocycles. The van der Waals surface area contributed by atoms with Crippen molar-refractivity contribution in [2.75, 3.05) is 26.4 Å². The number of aliphatic hydroxyl groups is 1. The Morgan fingerprint density at radius 3 is 0.974 bits per heavy atom. The molecule has 0 aromatic rings. The highest BCUT2D eigenvalue weighted by Gasteiger charge is 2.28. The second-order valence-electron chi connectivity index (χ2n) is 21.9. The lowest BCUT2D eigenvalue weighted by atomic mass is 10.0. The number of hydrogen-bond acceptors (Lipinski definition) is 10. The van der Waals surface area contributed by atoms with Gasteiger partial charge in [0.15, 0.2) is 6.10 Å². The molecule has 0 aliphatic rings. The zero-order chi connectivity index (χ0) is 56.9. The van der Waals surface area contributed by atoms with E-state index in [0.29, 0.717) is 19.3 Å². The first-order valence-corrected chi connectivity index (χ1v) is 34.0. The number of esters is 3. The third kappa shape index (κ3) is 58.1. The van der Waals surface area contributed by atoms with Gasteiger partial charge in [0, 0.05) is 19.3 Å². The van der Waals surface area contributed by atoms with E-state index in [4.69, 9.17) is 23.3 Å². The summed E-state index contributed by atoms with van der Waals surface area (Å²) in [5.74, 6) is -1.47. The standard InChI is InChI=1S/C66H121O11P/c1-4-7-10-13-16-19-22-25-28-30-31-33-35-37-40-43-46-49-52-55-64(68)73-59-63(77-66(70)57-54-51-48-45-42-39-36-32-29-26-23-20-17-14-11-8-5-2)61-75-78(71,72)74-60-62(58-67)76-65(69)56-53-50-47-44-41-38-34-27-24-21-18-15-12-9-6-3/h17-18,20-21,26-27,29,34,62-63,67H,4-16,19,22-25,28,30-33,35-61H2,1-3H3,(H,71,72)/b20-17-,21-18-,29-26-,34-27-. The van der Waals surface area contributed by atoms with E-state index >= 15 is 0 Å². The van der Waals surface area contributed by atoms with Gasteiger partial charge in [0.25, 0.3) is 0 Å². The van der Waals surface area contributed by atoms with Crippen molar-refractivity contribution in [2.24, 2.45) is 0 Å². The Hall–Kier alpha value is -2.56. The summed E-state index contributed by atoms with van der Waals surface area (Å²) < 4.78 is 39.7. The smallest absolute Gasteiger partial charge is 0.462 e. The van der Waals surface area contributed by atoms with Crippen LogP contribution in [0.2, 0.25) is 0 Å². The first-order valence-electron chi connectivity index (χ1n) is 32.5. The molecule has 2 N–H and O–H groups in total. The molecule has 0 amide bonds. The van der Waals surface area contributed by atoms with Crippen LogP contribution in [0.5, 0.6) is 0 Å². The van der Waals surface area contributed by atoms with Crippen molar-refractivity contribution in [3.63, 3.8) is 0 Å². The Labute approximate surface area is 479 Å². The molecule has 0 heterocycles. The number of carbonyl (C=O) groups excluding carboxylic acids is 3. The zero-order valence-corrected chi connectivity index (χ0v) is 51.5. The van der Waals surface area contributed by atoms with Gasteiger partial charge in [-0.15, -0.1) is 0 Å². The molecule has 0 aromatic heterocycles. The lowest BCUT2D eigenvalue weighted by Gasteiger charge is -2.21. The van der Waals surface area contributed by atoms with Crippen LogP contribution in [0.25, 0.3) is 0 Å². The lowest BCUT2D eigenvalue weighted by Crippen LogP contribution is -2.30. The number of rotatable bonds is 61. The van der Waals surface area contributed by atoms with Crippen LogP contribution in [-0.2, 0) is 42.2 Å². The van der Waals surface area contributed by atoms with Gasteiger partial charge < -0.3 is 24.2 Å². The molecule has 11 nitrogen and oxygen atoms in total. The van der Waals surface area contributed by atoms with Gasteiger partial charge in [-0.2, -0.15) is 0 Å². The Morgan fingerprint density at radius 2 is 0.628 bits per heavy atom. The van der Waals surface area contributed by atoms with Crippen LogP contribution in [-0.4, -0.2) is 66.5 Å². The Kier molecular flexibility index (Phi) is 58.5. The highest BCUT2D eigenvalue weighted by molar-refractivity contribution is 7.47. The molecule has 3 unspecified atom stereocenters. The van der Waals surface area contributed by atoms with Crippen molar-refractivity contribution < 1.29 is 52.2 Å². The first-order chi connectivity index (χ1) is 38.2. The number of aliphatic hydroxyl groups excluding tert-OH is 1. The summed E-state index contributed by atoms with van der Waals surface area (Å²) >= 11 is 0. The van der Waals surface area contributed by atoms with E-state index in [1.807, 2.05) is 0 Å². The average molecular weight is 1120 g/mol. The summed E-state index contributed by atoms with van der Waals surface area (Å²) in [7, 11) is -4.76. The average Bonchev–Trinajstić information content (AvgIpc) is 3.43. The number of hydrogen-bond donors (Lipinski definition) is 2.